The second kappa shape index (κ2) is 8.70. The van der Waals surface area contributed by atoms with Crippen molar-refractivity contribution < 1.29 is 17.9 Å². The Hall–Kier alpha value is -1.84. The number of carbonyl (C=O) groups excluding carboxylic acids is 1. The Morgan fingerprint density at radius 3 is 2.38 bits per heavy atom. The van der Waals surface area contributed by atoms with Crippen LogP contribution in [0, 0.1) is 5.92 Å². The van der Waals surface area contributed by atoms with E-state index in [1.165, 1.54) is 35.5 Å². The Morgan fingerprint density at radius 2 is 1.85 bits per heavy atom. The van der Waals surface area contributed by atoms with Crippen molar-refractivity contribution in [2.24, 2.45) is 10.3 Å². The molecule has 0 radical (unpaired) electrons. The molecule has 1 aromatic rings. The maximum Gasteiger partial charge on any atom is 0.283 e. The fourth-order valence-corrected chi connectivity index (χ4v) is 3.63. The van der Waals surface area contributed by atoms with Crippen LogP contribution >= 0.6 is 12.2 Å². The molecule has 0 N–H and O–H groups in total. The first-order valence-electron chi connectivity index (χ1n) is 8.20. The smallest absolute Gasteiger partial charge is 0.283 e. The number of rotatable bonds is 6. The van der Waals surface area contributed by atoms with Gasteiger partial charge in [-0.3, -0.25) is 4.79 Å². The second-order valence-corrected chi connectivity index (χ2v) is 8.26. The van der Waals surface area contributed by atoms with Gasteiger partial charge in [0.2, 0.25) is 0 Å². The molecule has 0 amide bonds. The third-order valence-corrected chi connectivity index (χ3v) is 5.79. The van der Waals surface area contributed by atoms with Crippen molar-refractivity contribution >= 4 is 39.4 Å². The number of sulfonamides is 1. The van der Waals surface area contributed by atoms with Gasteiger partial charge in [0.1, 0.15) is 6.34 Å². The van der Waals surface area contributed by atoms with Crippen LogP contribution in [-0.2, 0) is 14.8 Å². The molecule has 142 valence electrons. The molecule has 1 heterocycles. The minimum absolute atomic E-state index is 0.0376. The first kappa shape index (κ1) is 20.5. The Bertz CT molecular complexity index is 783. The Labute approximate surface area is 159 Å². The van der Waals surface area contributed by atoms with Gasteiger partial charge in [-0.05, 0) is 19.1 Å². The molecule has 9 heteroatoms. The Morgan fingerprint density at radius 1 is 1.27 bits per heavy atom. The first-order valence-corrected chi connectivity index (χ1v) is 10.0. The number of carbonyl (C=O) groups is 1. The molecule has 2 rings (SSSR count). The van der Waals surface area contributed by atoms with Crippen LogP contribution in [0.2, 0.25) is 0 Å². The zero-order valence-electron chi connectivity index (χ0n) is 15.1. The molecule has 0 aliphatic carbocycles. The number of ketones is 1. The molecule has 26 heavy (non-hydrogen) atoms. The number of thiocarbonyl (C=S) groups is 1. The largest absolute Gasteiger partial charge is 0.378 e. The first-order chi connectivity index (χ1) is 12.2. The second-order valence-electron chi connectivity index (χ2n) is 6.21. The van der Waals surface area contributed by atoms with Gasteiger partial charge < -0.3 is 14.5 Å². The summed E-state index contributed by atoms with van der Waals surface area (Å²) in [6.45, 7) is 4.32. The number of Topliss-reactive ketones (excluding diaryl/α,β-unsaturated/α-hetero) is 1. The predicted molar refractivity (Wildman–Crippen MR) is 104 cm³/mol. The molecule has 0 bridgehead atoms. The maximum absolute atomic E-state index is 12.7. The van der Waals surface area contributed by atoms with Crippen LogP contribution in [0.1, 0.15) is 17.3 Å². The highest BCUT2D eigenvalue weighted by atomic mass is 32.2. The van der Waals surface area contributed by atoms with Gasteiger partial charge >= 0.3 is 0 Å². The summed E-state index contributed by atoms with van der Waals surface area (Å²) in [4.78, 5) is 16.8. The van der Waals surface area contributed by atoms with Crippen molar-refractivity contribution in [3.05, 3.63) is 29.8 Å². The topological polar surface area (TPSA) is 79.3 Å². The van der Waals surface area contributed by atoms with E-state index in [0.717, 1.165) is 0 Å². The zero-order valence-corrected chi connectivity index (χ0v) is 16.7. The number of nitrogens with zero attached hydrogens (tertiary/aromatic N) is 3. The van der Waals surface area contributed by atoms with Crippen molar-refractivity contribution in [3.63, 3.8) is 0 Å². The number of ether oxygens (including phenoxy) is 1. The normalized spacial score (nSPS) is 16.5. The number of hydrogen-bond donors (Lipinski definition) is 0. The van der Waals surface area contributed by atoms with E-state index in [0.29, 0.717) is 36.9 Å². The van der Waals surface area contributed by atoms with E-state index in [9.17, 15) is 13.2 Å². The van der Waals surface area contributed by atoms with E-state index < -0.39 is 15.9 Å². The average molecular weight is 398 g/mol. The van der Waals surface area contributed by atoms with Crippen LogP contribution in [0.3, 0.4) is 0 Å². The van der Waals surface area contributed by atoms with Crippen molar-refractivity contribution in [2.45, 2.75) is 11.8 Å². The van der Waals surface area contributed by atoms with Crippen molar-refractivity contribution in [1.82, 2.24) is 9.80 Å². The van der Waals surface area contributed by atoms with Gasteiger partial charge in [-0.25, -0.2) is 0 Å². The van der Waals surface area contributed by atoms with Crippen LogP contribution in [0.25, 0.3) is 0 Å². The SMILES string of the molecule is CC(C(=O)c1ccc(S(=O)(=O)/N=C/N(C)C)cc1)C(=S)N1CCOCC1. The van der Waals surface area contributed by atoms with Gasteiger partial charge in [0.25, 0.3) is 10.0 Å². The van der Waals surface area contributed by atoms with E-state index in [1.807, 2.05) is 4.90 Å². The lowest BCUT2D eigenvalue weighted by Crippen LogP contribution is -2.43. The van der Waals surface area contributed by atoms with E-state index in [2.05, 4.69) is 4.40 Å². The predicted octanol–water partition coefficient (Wildman–Crippen LogP) is 1.44. The molecule has 0 aromatic heterocycles. The van der Waals surface area contributed by atoms with Gasteiger partial charge in [0.15, 0.2) is 5.78 Å². The lowest BCUT2D eigenvalue weighted by atomic mass is 9.98. The van der Waals surface area contributed by atoms with Crippen LogP contribution < -0.4 is 0 Å². The molecular formula is C17H23N3O4S2. The van der Waals surface area contributed by atoms with E-state index >= 15 is 0 Å². The fraction of sp³-hybridized carbons (Fsp3) is 0.471. The van der Waals surface area contributed by atoms with Crippen LogP contribution in [0.4, 0.5) is 0 Å². The van der Waals surface area contributed by atoms with Gasteiger partial charge in [-0.1, -0.05) is 24.4 Å². The summed E-state index contributed by atoms with van der Waals surface area (Å²) in [5.74, 6) is -0.598. The summed E-state index contributed by atoms with van der Waals surface area (Å²) in [5.41, 5.74) is 0.420. The molecule has 1 unspecified atom stereocenters. The van der Waals surface area contributed by atoms with Crippen LogP contribution in [0.15, 0.2) is 33.6 Å². The van der Waals surface area contributed by atoms with Gasteiger partial charge in [-0.2, -0.15) is 8.42 Å². The van der Waals surface area contributed by atoms with Crippen molar-refractivity contribution in [2.75, 3.05) is 40.4 Å². The molecular weight excluding hydrogens is 374 g/mol. The molecule has 1 fully saturated rings. The Balaban J connectivity index is 2.11. The highest BCUT2D eigenvalue weighted by molar-refractivity contribution is 7.90. The molecule has 1 aromatic carbocycles. The van der Waals surface area contributed by atoms with Gasteiger partial charge in [0.05, 0.1) is 29.0 Å². The third kappa shape index (κ3) is 5.09. The highest BCUT2D eigenvalue weighted by Gasteiger charge is 2.25. The fourth-order valence-electron chi connectivity index (χ4n) is 2.43. The van der Waals surface area contributed by atoms with Crippen molar-refractivity contribution in [3.8, 4) is 0 Å². The minimum atomic E-state index is -3.78. The molecule has 1 atom stereocenters. The lowest BCUT2D eigenvalue weighted by molar-refractivity contribution is 0.0663. The van der Waals surface area contributed by atoms with E-state index in [4.69, 9.17) is 17.0 Å². The quantitative estimate of drug-likeness (QED) is 0.311. The molecule has 1 saturated heterocycles. The van der Waals surface area contributed by atoms with Gasteiger partial charge in [-0.15, -0.1) is 4.40 Å². The highest BCUT2D eigenvalue weighted by Crippen LogP contribution is 2.18. The number of morpholine rings is 1. The summed E-state index contributed by atoms with van der Waals surface area (Å²) in [6.07, 6.45) is 1.22. The average Bonchev–Trinajstić information content (AvgIpc) is 2.65. The summed E-state index contributed by atoms with van der Waals surface area (Å²) in [5, 5.41) is 0. The monoisotopic (exact) mass is 397 g/mol. The maximum atomic E-state index is 12.7. The van der Waals surface area contributed by atoms with Gasteiger partial charge in [0, 0.05) is 32.7 Å². The molecule has 7 nitrogen and oxygen atoms in total. The number of hydrogen-bond acceptors (Lipinski definition) is 5. The van der Waals surface area contributed by atoms with Crippen LogP contribution in [0.5, 0.6) is 0 Å². The summed E-state index contributed by atoms with van der Waals surface area (Å²) in [6, 6.07) is 5.78. The zero-order chi connectivity index (χ0) is 19.3. The standard InChI is InChI=1S/C17H23N3O4S2/c1-13(17(25)20-8-10-24-11-9-20)16(21)14-4-6-15(7-5-14)26(22,23)18-12-19(2)3/h4-7,12-13H,8-11H2,1-3H3/b18-12+. The molecule has 0 saturated carbocycles. The summed E-state index contributed by atoms with van der Waals surface area (Å²) < 4.78 is 33.1. The molecule has 0 spiro atoms. The summed E-state index contributed by atoms with van der Waals surface area (Å²) in [7, 11) is -0.423. The number of benzene rings is 1. The molecule has 1 aliphatic heterocycles. The minimum Gasteiger partial charge on any atom is -0.378 e. The van der Waals surface area contributed by atoms with Crippen molar-refractivity contribution in [1.29, 1.82) is 0 Å². The lowest BCUT2D eigenvalue weighted by Gasteiger charge is -2.31. The van der Waals surface area contributed by atoms with Crippen LogP contribution in [-0.4, -0.2) is 75.7 Å². The third-order valence-electron chi connectivity index (χ3n) is 3.94. The van der Waals surface area contributed by atoms with E-state index in [-0.39, 0.29) is 10.7 Å². The Kier molecular flexibility index (Phi) is 6.85. The van der Waals surface area contributed by atoms with E-state index in [1.54, 1.807) is 21.0 Å². The molecule has 1 aliphatic rings. The summed E-state index contributed by atoms with van der Waals surface area (Å²) >= 11 is 5.45.